The van der Waals surface area contributed by atoms with Crippen LogP contribution in [-0.2, 0) is 0 Å². The predicted molar refractivity (Wildman–Crippen MR) is 53.8 cm³/mol. The van der Waals surface area contributed by atoms with Gasteiger partial charge in [-0.2, -0.15) is 0 Å². The minimum atomic E-state index is -1.75. The minimum Gasteiger partial charge on any atom is -0.506 e. The molecule has 0 saturated carbocycles. The van der Waals surface area contributed by atoms with Gasteiger partial charge in [-0.3, -0.25) is 4.98 Å². The summed E-state index contributed by atoms with van der Waals surface area (Å²) in [5, 5.41) is 25.0. The predicted octanol–water partition coefficient (Wildman–Crippen LogP) is 1.70. The molecule has 2 aromatic rings. The standard InChI is InChI=1S/C9H7NO.NO3/c11-8-5-1-3-7-4-2-6-10-9(7)8;2-1(3)4/h1-6,11H;/q;-1. The highest BCUT2D eigenvalue weighted by molar-refractivity contribution is 5.83. The van der Waals surface area contributed by atoms with Gasteiger partial charge in [-0.15, -0.1) is 0 Å². The van der Waals surface area contributed by atoms with Crippen molar-refractivity contribution in [2.75, 3.05) is 0 Å². The van der Waals surface area contributed by atoms with Gasteiger partial charge in [0.05, 0.1) is 5.09 Å². The fourth-order valence-electron chi connectivity index (χ4n) is 1.09. The molecule has 0 radical (unpaired) electrons. The average Bonchev–Trinajstić information content (AvgIpc) is 2.18. The molecule has 0 aliphatic carbocycles. The number of hydrogen-bond donors (Lipinski definition) is 1. The Morgan fingerprint density at radius 1 is 1.20 bits per heavy atom. The summed E-state index contributed by atoms with van der Waals surface area (Å²) in [6.07, 6.45) is 1.67. The summed E-state index contributed by atoms with van der Waals surface area (Å²) in [6.45, 7) is 0. The molecule has 0 atom stereocenters. The van der Waals surface area contributed by atoms with Gasteiger partial charge in [0.15, 0.2) is 0 Å². The van der Waals surface area contributed by atoms with Crippen LogP contribution in [0.15, 0.2) is 36.5 Å². The van der Waals surface area contributed by atoms with Crippen LogP contribution < -0.4 is 0 Å². The largest absolute Gasteiger partial charge is 0.506 e. The number of para-hydroxylation sites is 1. The number of fused-ring (bicyclic) bond motifs is 1. The third kappa shape index (κ3) is 3.11. The summed E-state index contributed by atoms with van der Waals surface area (Å²) in [4.78, 5) is 12.3. The molecule has 15 heavy (non-hydrogen) atoms. The highest BCUT2D eigenvalue weighted by atomic mass is 16.9. The summed E-state index contributed by atoms with van der Waals surface area (Å²) >= 11 is 0. The fourth-order valence-corrected chi connectivity index (χ4v) is 1.09. The van der Waals surface area contributed by atoms with Gasteiger partial charge < -0.3 is 20.4 Å². The van der Waals surface area contributed by atoms with E-state index in [1.54, 1.807) is 18.3 Å². The van der Waals surface area contributed by atoms with Gasteiger partial charge in [-0.1, -0.05) is 18.2 Å². The third-order valence-electron chi connectivity index (χ3n) is 1.61. The maximum atomic E-state index is 9.31. The Hall–Kier alpha value is -2.37. The first kappa shape index (κ1) is 10.7. The SMILES string of the molecule is O=[N+]([O-])[O-].Oc1cccc2cccnc12. The molecular weight excluding hydrogens is 200 g/mol. The van der Waals surface area contributed by atoms with Crippen LogP contribution in [0.2, 0.25) is 0 Å². The maximum absolute atomic E-state index is 9.31. The summed E-state index contributed by atoms with van der Waals surface area (Å²) in [6, 6.07) is 9.13. The van der Waals surface area contributed by atoms with Crippen LogP contribution in [0.1, 0.15) is 0 Å². The van der Waals surface area contributed by atoms with E-state index in [-0.39, 0.29) is 5.75 Å². The Kier molecular flexibility index (Phi) is 3.39. The molecule has 6 heteroatoms. The molecule has 0 fully saturated rings. The lowest BCUT2D eigenvalue weighted by Crippen LogP contribution is -1.76. The molecule has 0 amide bonds. The van der Waals surface area contributed by atoms with Crippen LogP contribution in [0.4, 0.5) is 0 Å². The van der Waals surface area contributed by atoms with Gasteiger partial charge in [0, 0.05) is 11.6 Å². The lowest BCUT2D eigenvalue weighted by molar-refractivity contribution is -0.402. The molecule has 2 rings (SSSR count). The van der Waals surface area contributed by atoms with Crippen molar-refractivity contribution in [2.45, 2.75) is 0 Å². The van der Waals surface area contributed by atoms with Gasteiger partial charge in [0.25, 0.3) is 0 Å². The van der Waals surface area contributed by atoms with E-state index in [0.29, 0.717) is 5.52 Å². The van der Waals surface area contributed by atoms with E-state index in [4.69, 9.17) is 15.3 Å². The van der Waals surface area contributed by atoms with E-state index in [1.165, 1.54) is 0 Å². The van der Waals surface area contributed by atoms with Crippen molar-refractivity contribution in [1.82, 2.24) is 4.98 Å². The first-order chi connectivity index (χ1) is 7.11. The molecule has 78 valence electrons. The van der Waals surface area contributed by atoms with Crippen LogP contribution >= 0.6 is 0 Å². The number of rotatable bonds is 0. The van der Waals surface area contributed by atoms with E-state index in [0.717, 1.165) is 5.39 Å². The van der Waals surface area contributed by atoms with Gasteiger partial charge >= 0.3 is 0 Å². The average molecular weight is 207 g/mol. The molecule has 0 saturated heterocycles. The quantitative estimate of drug-likeness (QED) is 0.523. The van der Waals surface area contributed by atoms with Crippen molar-refractivity contribution in [3.63, 3.8) is 0 Å². The van der Waals surface area contributed by atoms with Crippen LogP contribution in [-0.4, -0.2) is 15.2 Å². The molecule has 1 N–H and O–H groups in total. The minimum absolute atomic E-state index is 0.239. The summed E-state index contributed by atoms with van der Waals surface area (Å²) in [5.41, 5.74) is 0.662. The lowest BCUT2D eigenvalue weighted by Gasteiger charge is -1.96. The topological polar surface area (TPSA) is 99.3 Å². The molecule has 1 aromatic carbocycles. The monoisotopic (exact) mass is 207 g/mol. The van der Waals surface area contributed by atoms with Crippen molar-refractivity contribution in [1.29, 1.82) is 0 Å². The van der Waals surface area contributed by atoms with E-state index < -0.39 is 5.09 Å². The molecule has 0 bridgehead atoms. The Morgan fingerprint density at radius 3 is 2.40 bits per heavy atom. The van der Waals surface area contributed by atoms with E-state index in [1.807, 2.05) is 18.2 Å². The number of phenols is 1. The Balaban J connectivity index is 0.000000245. The molecule has 6 nitrogen and oxygen atoms in total. The van der Waals surface area contributed by atoms with Crippen LogP contribution in [0.3, 0.4) is 0 Å². The normalized spacial score (nSPS) is 9.07. The molecule has 0 unspecified atom stereocenters. The Labute approximate surface area is 84.5 Å². The summed E-state index contributed by atoms with van der Waals surface area (Å²) in [7, 11) is 0. The highest BCUT2D eigenvalue weighted by Crippen LogP contribution is 2.20. The Morgan fingerprint density at radius 2 is 1.80 bits per heavy atom. The maximum Gasteiger partial charge on any atom is 0.141 e. The van der Waals surface area contributed by atoms with E-state index in [2.05, 4.69) is 4.98 Å². The van der Waals surface area contributed by atoms with Crippen molar-refractivity contribution >= 4 is 10.9 Å². The molecule has 0 spiro atoms. The van der Waals surface area contributed by atoms with Crippen LogP contribution in [0.5, 0.6) is 5.75 Å². The second-order valence-corrected chi connectivity index (χ2v) is 2.58. The fraction of sp³-hybridized carbons (Fsp3) is 0. The number of aromatic hydroxyl groups is 1. The van der Waals surface area contributed by atoms with Crippen molar-refractivity contribution in [2.24, 2.45) is 0 Å². The van der Waals surface area contributed by atoms with Gasteiger partial charge in [0.1, 0.15) is 11.3 Å². The molecular formula is C9H7N2O4-. The van der Waals surface area contributed by atoms with Crippen LogP contribution in [0, 0.1) is 15.3 Å². The van der Waals surface area contributed by atoms with Crippen molar-refractivity contribution in [3.8, 4) is 5.75 Å². The summed E-state index contributed by atoms with van der Waals surface area (Å²) in [5.74, 6) is 0.239. The van der Waals surface area contributed by atoms with Crippen molar-refractivity contribution < 1.29 is 10.2 Å². The van der Waals surface area contributed by atoms with Crippen molar-refractivity contribution in [3.05, 3.63) is 51.9 Å². The third-order valence-corrected chi connectivity index (χ3v) is 1.61. The van der Waals surface area contributed by atoms with E-state index >= 15 is 0 Å². The molecule has 1 heterocycles. The van der Waals surface area contributed by atoms with Gasteiger partial charge in [-0.25, -0.2) is 0 Å². The zero-order valence-electron chi connectivity index (χ0n) is 7.53. The summed E-state index contributed by atoms with van der Waals surface area (Å²) < 4.78 is 0. The number of benzene rings is 1. The number of aromatic nitrogens is 1. The first-order valence-electron chi connectivity index (χ1n) is 3.95. The zero-order chi connectivity index (χ0) is 11.3. The second-order valence-electron chi connectivity index (χ2n) is 2.58. The first-order valence-corrected chi connectivity index (χ1v) is 3.95. The smallest absolute Gasteiger partial charge is 0.141 e. The van der Waals surface area contributed by atoms with Crippen LogP contribution in [0.25, 0.3) is 10.9 Å². The Bertz CT molecular complexity index is 463. The lowest BCUT2D eigenvalue weighted by atomic mass is 10.2. The molecule has 0 aliphatic rings. The highest BCUT2D eigenvalue weighted by Gasteiger charge is 1.96. The molecule has 1 aromatic heterocycles. The second kappa shape index (κ2) is 4.75. The molecule has 0 aliphatic heterocycles. The number of pyridine rings is 1. The number of nitrogens with zero attached hydrogens (tertiary/aromatic N) is 2. The van der Waals surface area contributed by atoms with E-state index in [9.17, 15) is 5.11 Å². The number of phenolic OH excluding ortho intramolecular Hbond substituents is 1. The van der Waals surface area contributed by atoms with Gasteiger partial charge in [0.2, 0.25) is 0 Å². The zero-order valence-corrected chi connectivity index (χ0v) is 7.53. The van der Waals surface area contributed by atoms with Gasteiger partial charge in [-0.05, 0) is 12.1 Å². The number of hydrogen-bond acceptors (Lipinski definition) is 5.